The van der Waals surface area contributed by atoms with Gasteiger partial charge >= 0.3 is 0 Å². The van der Waals surface area contributed by atoms with E-state index in [-0.39, 0.29) is 24.3 Å². The molecule has 0 saturated carbocycles. The van der Waals surface area contributed by atoms with Gasteiger partial charge in [-0.1, -0.05) is 19.9 Å². The molecule has 6 nitrogen and oxygen atoms in total. The van der Waals surface area contributed by atoms with Crippen LogP contribution in [0.3, 0.4) is 0 Å². The van der Waals surface area contributed by atoms with Gasteiger partial charge in [-0.2, -0.15) is 0 Å². The van der Waals surface area contributed by atoms with Crippen LogP contribution in [0.1, 0.15) is 31.0 Å². The summed E-state index contributed by atoms with van der Waals surface area (Å²) < 4.78 is 22.1. The van der Waals surface area contributed by atoms with E-state index in [2.05, 4.69) is 19.2 Å². The van der Waals surface area contributed by atoms with Crippen molar-refractivity contribution in [2.24, 2.45) is 5.92 Å². The smallest absolute Gasteiger partial charge is 0.225 e. The van der Waals surface area contributed by atoms with Crippen LogP contribution in [-0.2, 0) is 11.2 Å². The maximum atomic E-state index is 12.8. The summed E-state index contributed by atoms with van der Waals surface area (Å²) in [4.78, 5) is 12.8. The van der Waals surface area contributed by atoms with Crippen molar-refractivity contribution in [1.82, 2.24) is 5.32 Å². The zero-order valence-electron chi connectivity index (χ0n) is 16.9. The second-order valence-electron chi connectivity index (χ2n) is 7.49. The number of rotatable bonds is 6. The van der Waals surface area contributed by atoms with Gasteiger partial charge < -0.3 is 23.9 Å². The number of carbonyl (C=O) groups excluding carboxylic acids is 1. The van der Waals surface area contributed by atoms with Gasteiger partial charge in [0.1, 0.15) is 24.5 Å². The summed E-state index contributed by atoms with van der Waals surface area (Å²) in [6.07, 6.45) is 1.88. The summed E-state index contributed by atoms with van der Waals surface area (Å²) >= 11 is 0. The van der Waals surface area contributed by atoms with E-state index in [9.17, 15) is 4.79 Å². The van der Waals surface area contributed by atoms with Gasteiger partial charge in [-0.25, -0.2) is 0 Å². The van der Waals surface area contributed by atoms with Crippen molar-refractivity contribution in [3.8, 4) is 17.2 Å². The number of ether oxygens (including phenoxy) is 3. The van der Waals surface area contributed by atoms with Crippen molar-refractivity contribution in [2.75, 3.05) is 20.3 Å². The second kappa shape index (κ2) is 8.07. The molecule has 1 N–H and O–H groups in total. The number of furan rings is 1. The highest BCUT2D eigenvalue weighted by Crippen LogP contribution is 2.34. The van der Waals surface area contributed by atoms with Gasteiger partial charge in [0.25, 0.3) is 0 Å². The molecule has 0 saturated heterocycles. The van der Waals surface area contributed by atoms with Gasteiger partial charge in [-0.3, -0.25) is 4.79 Å². The van der Waals surface area contributed by atoms with Crippen LogP contribution in [0.25, 0.3) is 11.0 Å². The number of nitrogens with one attached hydrogen (secondary N) is 1. The highest BCUT2D eigenvalue weighted by Gasteiger charge is 2.22. The maximum absolute atomic E-state index is 12.8. The van der Waals surface area contributed by atoms with E-state index in [1.165, 1.54) is 0 Å². The van der Waals surface area contributed by atoms with Crippen molar-refractivity contribution < 1.29 is 23.4 Å². The summed E-state index contributed by atoms with van der Waals surface area (Å²) in [5, 5.41) is 4.08. The fourth-order valence-electron chi connectivity index (χ4n) is 3.61. The van der Waals surface area contributed by atoms with Crippen LogP contribution in [0.15, 0.2) is 47.1 Å². The molecular weight excluding hydrogens is 370 g/mol. The molecule has 1 aliphatic heterocycles. The van der Waals surface area contributed by atoms with E-state index in [4.69, 9.17) is 18.6 Å². The first-order chi connectivity index (χ1) is 14.0. The lowest BCUT2D eigenvalue weighted by molar-refractivity contribution is -0.121. The predicted octanol–water partition coefficient (Wildman–Crippen LogP) is 4.27. The summed E-state index contributed by atoms with van der Waals surface area (Å²) in [7, 11) is 1.61. The maximum Gasteiger partial charge on any atom is 0.225 e. The first-order valence-corrected chi connectivity index (χ1v) is 9.78. The monoisotopic (exact) mass is 395 g/mol. The SMILES string of the molecule is COc1ccc2c(CC(=O)N[C@H](c3ccc4c(c3)OCCO4)C(C)C)coc2c1. The molecule has 3 aromatic rings. The minimum absolute atomic E-state index is 0.0582. The summed E-state index contributed by atoms with van der Waals surface area (Å²) in [6, 6.07) is 11.3. The molecule has 29 heavy (non-hydrogen) atoms. The van der Waals surface area contributed by atoms with Crippen LogP contribution in [0.4, 0.5) is 0 Å². The van der Waals surface area contributed by atoms with Crippen LogP contribution >= 0.6 is 0 Å². The third-order valence-corrected chi connectivity index (χ3v) is 5.12. The summed E-state index contributed by atoms with van der Waals surface area (Å²) in [6.45, 7) is 5.26. The molecule has 1 aromatic heterocycles. The van der Waals surface area contributed by atoms with Gasteiger partial charge in [-0.15, -0.1) is 0 Å². The molecule has 152 valence electrons. The van der Waals surface area contributed by atoms with E-state index in [0.29, 0.717) is 18.8 Å². The summed E-state index contributed by atoms with van der Waals surface area (Å²) in [5.41, 5.74) is 2.56. The van der Waals surface area contributed by atoms with Crippen LogP contribution in [-0.4, -0.2) is 26.2 Å². The van der Waals surface area contributed by atoms with E-state index in [0.717, 1.165) is 33.8 Å². The molecule has 0 spiro atoms. The van der Waals surface area contributed by atoms with E-state index >= 15 is 0 Å². The largest absolute Gasteiger partial charge is 0.497 e. The number of hydrogen-bond donors (Lipinski definition) is 1. The lowest BCUT2D eigenvalue weighted by Gasteiger charge is -2.25. The Morgan fingerprint density at radius 2 is 1.90 bits per heavy atom. The first-order valence-electron chi connectivity index (χ1n) is 9.78. The Balaban J connectivity index is 1.51. The predicted molar refractivity (Wildman–Crippen MR) is 110 cm³/mol. The molecule has 6 heteroatoms. The first kappa shape index (κ1) is 19.2. The molecule has 0 radical (unpaired) electrons. The zero-order chi connectivity index (χ0) is 20.4. The fraction of sp³-hybridized carbons (Fsp3) is 0.348. The Kier molecular flexibility index (Phi) is 5.34. The quantitative estimate of drug-likeness (QED) is 0.675. The Morgan fingerprint density at radius 3 is 2.66 bits per heavy atom. The Morgan fingerprint density at radius 1 is 1.10 bits per heavy atom. The average Bonchev–Trinajstić information content (AvgIpc) is 3.13. The van der Waals surface area contributed by atoms with Crippen LogP contribution in [0.5, 0.6) is 17.2 Å². The molecular formula is C23H25NO5. The molecule has 0 fully saturated rings. The highest BCUT2D eigenvalue weighted by molar-refractivity contribution is 5.88. The third-order valence-electron chi connectivity index (χ3n) is 5.12. The van der Waals surface area contributed by atoms with Gasteiger partial charge in [0.15, 0.2) is 11.5 Å². The Hall–Kier alpha value is -3.15. The third kappa shape index (κ3) is 4.01. The molecule has 4 rings (SSSR count). The molecule has 0 aliphatic carbocycles. The normalized spacial score (nSPS) is 14.1. The van der Waals surface area contributed by atoms with Gasteiger partial charge in [-0.05, 0) is 35.7 Å². The van der Waals surface area contributed by atoms with Crippen molar-refractivity contribution in [3.05, 3.63) is 53.8 Å². The van der Waals surface area contributed by atoms with Gasteiger partial charge in [0.05, 0.1) is 25.8 Å². The Labute approximate surface area is 169 Å². The number of fused-ring (bicyclic) bond motifs is 2. The molecule has 1 atom stereocenters. The molecule has 2 aromatic carbocycles. The van der Waals surface area contributed by atoms with Gasteiger partial charge in [0.2, 0.25) is 5.91 Å². The lowest BCUT2D eigenvalue weighted by atomic mass is 9.95. The van der Waals surface area contributed by atoms with Crippen molar-refractivity contribution in [3.63, 3.8) is 0 Å². The van der Waals surface area contributed by atoms with Crippen LogP contribution in [0.2, 0.25) is 0 Å². The van der Waals surface area contributed by atoms with Crippen LogP contribution in [0, 0.1) is 5.92 Å². The molecule has 0 bridgehead atoms. The molecule has 2 heterocycles. The number of benzene rings is 2. The minimum atomic E-state index is -0.128. The van der Waals surface area contributed by atoms with Crippen molar-refractivity contribution in [1.29, 1.82) is 0 Å². The fourth-order valence-corrected chi connectivity index (χ4v) is 3.61. The second-order valence-corrected chi connectivity index (χ2v) is 7.49. The van der Waals surface area contributed by atoms with Gasteiger partial charge in [0, 0.05) is 17.0 Å². The molecule has 1 aliphatic rings. The number of hydrogen-bond acceptors (Lipinski definition) is 5. The zero-order valence-corrected chi connectivity index (χ0v) is 16.9. The number of methoxy groups -OCH3 is 1. The average molecular weight is 395 g/mol. The summed E-state index contributed by atoms with van der Waals surface area (Å²) in [5.74, 6) is 2.35. The highest BCUT2D eigenvalue weighted by atomic mass is 16.6. The lowest BCUT2D eigenvalue weighted by Crippen LogP contribution is -2.33. The number of carbonyl (C=O) groups is 1. The van der Waals surface area contributed by atoms with Crippen LogP contribution < -0.4 is 19.5 Å². The van der Waals surface area contributed by atoms with E-state index < -0.39 is 0 Å². The van der Waals surface area contributed by atoms with E-state index in [1.54, 1.807) is 13.4 Å². The minimum Gasteiger partial charge on any atom is -0.497 e. The standard InChI is InChI=1S/C23H25NO5/c1-14(2)23(15-4-7-19-21(10-15)28-9-8-27-19)24-22(25)11-16-13-29-20-12-17(26-3)5-6-18(16)20/h4-7,10,12-14,23H,8-9,11H2,1-3H3,(H,24,25)/t23-/m0/s1. The topological polar surface area (TPSA) is 69.9 Å². The van der Waals surface area contributed by atoms with Crippen molar-refractivity contribution in [2.45, 2.75) is 26.3 Å². The molecule has 0 unspecified atom stereocenters. The van der Waals surface area contributed by atoms with E-state index in [1.807, 2.05) is 36.4 Å². The number of amides is 1. The Bertz CT molecular complexity index is 1020. The molecule has 1 amide bonds. The van der Waals surface area contributed by atoms with Crippen molar-refractivity contribution >= 4 is 16.9 Å².